The summed E-state index contributed by atoms with van der Waals surface area (Å²) < 4.78 is 23.7. The van der Waals surface area contributed by atoms with Gasteiger partial charge in [0.1, 0.15) is 12.4 Å². The Balaban J connectivity index is 1.35. The Morgan fingerprint density at radius 2 is 1.88 bits per heavy atom. The second kappa shape index (κ2) is 9.30. The van der Waals surface area contributed by atoms with E-state index < -0.39 is 0 Å². The smallest absolute Gasteiger partial charge is 0.200 e. The summed E-state index contributed by atoms with van der Waals surface area (Å²) in [5, 5.41) is 0. The standard InChI is InChI=1S/C26H26N2O4/c1-29-21-13-12-18(15-24(21)31-20-8-2-3-9-20)16-25-28-26-22(10-6-11-23(26)32-25)30-17-19-7-4-5-14-27-19/h4-7,10-15,20H,2-3,8-9,16-17H2,1H3. The zero-order chi connectivity index (χ0) is 21.8. The third kappa shape index (κ3) is 4.54. The summed E-state index contributed by atoms with van der Waals surface area (Å²) in [7, 11) is 1.67. The molecule has 0 unspecified atom stereocenters. The van der Waals surface area contributed by atoms with E-state index in [0.29, 0.717) is 30.3 Å². The molecule has 0 amide bonds. The highest BCUT2D eigenvalue weighted by molar-refractivity contribution is 5.79. The van der Waals surface area contributed by atoms with E-state index in [-0.39, 0.29) is 6.10 Å². The Kier molecular flexibility index (Phi) is 5.92. The van der Waals surface area contributed by atoms with Crippen molar-refractivity contribution in [3.8, 4) is 17.2 Å². The van der Waals surface area contributed by atoms with Crippen molar-refractivity contribution in [1.29, 1.82) is 0 Å². The lowest BCUT2D eigenvalue weighted by Crippen LogP contribution is -2.11. The second-order valence-electron chi connectivity index (χ2n) is 8.01. The number of pyridine rings is 1. The van der Waals surface area contributed by atoms with Crippen LogP contribution in [0, 0.1) is 0 Å². The molecule has 2 aromatic carbocycles. The van der Waals surface area contributed by atoms with Gasteiger partial charge in [0.05, 0.1) is 18.9 Å². The molecule has 0 atom stereocenters. The van der Waals surface area contributed by atoms with Gasteiger partial charge in [-0.1, -0.05) is 18.2 Å². The molecule has 5 rings (SSSR count). The Bertz CT molecular complexity index is 1180. The van der Waals surface area contributed by atoms with E-state index in [1.807, 2.05) is 54.6 Å². The van der Waals surface area contributed by atoms with Crippen LogP contribution in [0.4, 0.5) is 0 Å². The van der Waals surface area contributed by atoms with Crippen LogP contribution >= 0.6 is 0 Å². The SMILES string of the molecule is COc1ccc(Cc2nc3c(OCc4ccccn4)cccc3o2)cc1OC1CCCC1. The number of ether oxygens (including phenoxy) is 3. The monoisotopic (exact) mass is 430 g/mol. The molecule has 6 nitrogen and oxygen atoms in total. The van der Waals surface area contributed by atoms with Gasteiger partial charge in [-0.2, -0.15) is 0 Å². The van der Waals surface area contributed by atoms with Gasteiger partial charge in [0.25, 0.3) is 0 Å². The maximum Gasteiger partial charge on any atom is 0.200 e. The first kappa shape index (κ1) is 20.4. The molecular formula is C26H26N2O4. The highest BCUT2D eigenvalue weighted by Gasteiger charge is 2.19. The van der Waals surface area contributed by atoms with Crippen LogP contribution in [0.2, 0.25) is 0 Å². The molecule has 4 aromatic rings. The van der Waals surface area contributed by atoms with Gasteiger partial charge >= 0.3 is 0 Å². The maximum absolute atomic E-state index is 6.23. The number of benzene rings is 2. The molecule has 0 spiro atoms. The minimum absolute atomic E-state index is 0.266. The summed E-state index contributed by atoms with van der Waals surface area (Å²) in [6, 6.07) is 17.5. The molecule has 2 heterocycles. The number of methoxy groups -OCH3 is 1. The van der Waals surface area contributed by atoms with Crippen LogP contribution in [0.5, 0.6) is 17.2 Å². The number of hydrogen-bond donors (Lipinski definition) is 0. The fourth-order valence-electron chi connectivity index (χ4n) is 4.08. The van der Waals surface area contributed by atoms with E-state index in [1.54, 1.807) is 13.3 Å². The van der Waals surface area contributed by atoms with E-state index >= 15 is 0 Å². The van der Waals surface area contributed by atoms with E-state index in [9.17, 15) is 0 Å². The van der Waals surface area contributed by atoms with Crippen molar-refractivity contribution in [2.45, 2.75) is 44.8 Å². The van der Waals surface area contributed by atoms with Crippen LogP contribution in [-0.2, 0) is 13.0 Å². The summed E-state index contributed by atoms with van der Waals surface area (Å²) in [6.07, 6.45) is 7.22. The molecule has 0 bridgehead atoms. The van der Waals surface area contributed by atoms with Crippen LogP contribution in [0.1, 0.15) is 42.8 Å². The predicted molar refractivity (Wildman–Crippen MR) is 121 cm³/mol. The van der Waals surface area contributed by atoms with E-state index in [1.165, 1.54) is 12.8 Å². The van der Waals surface area contributed by atoms with Gasteiger partial charge in [-0.25, -0.2) is 4.98 Å². The molecule has 32 heavy (non-hydrogen) atoms. The molecule has 1 aliphatic carbocycles. The summed E-state index contributed by atoms with van der Waals surface area (Å²) in [5.74, 6) is 2.85. The van der Waals surface area contributed by atoms with Crippen molar-refractivity contribution < 1.29 is 18.6 Å². The van der Waals surface area contributed by atoms with Gasteiger partial charge < -0.3 is 18.6 Å². The summed E-state index contributed by atoms with van der Waals surface area (Å²) in [6.45, 7) is 0.377. The quantitative estimate of drug-likeness (QED) is 0.356. The average molecular weight is 431 g/mol. The summed E-state index contributed by atoms with van der Waals surface area (Å²) in [4.78, 5) is 9.01. The van der Waals surface area contributed by atoms with Crippen LogP contribution in [0.15, 0.2) is 65.2 Å². The number of nitrogens with zero attached hydrogens (tertiary/aromatic N) is 2. The van der Waals surface area contributed by atoms with Crippen LogP contribution in [-0.4, -0.2) is 23.2 Å². The Hall–Kier alpha value is -3.54. The van der Waals surface area contributed by atoms with Gasteiger partial charge in [-0.05, 0) is 67.6 Å². The van der Waals surface area contributed by atoms with Crippen molar-refractivity contribution in [3.63, 3.8) is 0 Å². The molecule has 6 heteroatoms. The maximum atomic E-state index is 6.23. The van der Waals surface area contributed by atoms with Crippen LogP contribution < -0.4 is 14.2 Å². The number of aromatic nitrogens is 2. The Labute approximate surface area is 187 Å². The van der Waals surface area contributed by atoms with Crippen molar-refractivity contribution in [2.75, 3.05) is 7.11 Å². The lowest BCUT2D eigenvalue weighted by molar-refractivity contribution is 0.200. The second-order valence-corrected chi connectivity index (χ2v) is 8.01. The number of fused-ring (bicyclic) bond motifs is 1. The normalized spacial score (nSPS) is 14.0. The molecule has 0 saturated heterocycles. The summed E-state index contributed by atoms with van der Waals surface area (Å²) >= 11 is 0. The molecule has 2 aromatic heterocycles. The molecule has 0 radical (unpaired) electrons. The van der Waals surface area contributed by atoms with Crippen molar-refractivity contribution >= 4 is 11.1 Å². The number of rotatable bonds is 8. The third-order valence-electron chi connectivity index (χ3n) is 5.71. The minimum atomic E-state index is 0.266. The molecule has 164 valence electrons. The Morgan fingerprint density at radius 1 is 0.969 bits per heavy atom. The molecule has 1 aliphatic rings. The van der Waals surface area contributed by atoms with E-state index in [0.717, 1.165) is 41.1 Å². The highest BCUT2D eigenvalue weighted by atomic mass is 16.5. The Morgan fingerprint density at radius 3 is 2.69 bits per heavy atom. The lowest BCUT2D eigenvalue weighted by atomic mass is 10.1. The fourth-order valence-corrected chi connectivity index (χ4v) is 4.08. The van der Waals surface area contributed by atoms with Crippen LogP contribution in [0.25, 0.3) is 11.1 Å². The zero-order valence-electron chi connectivity index (χ0n) is 18.1. The molecule has 0 aliphatic heterocycles. The van der Waals surface area contributed by atoms with Crippen molar-refractivity contribution in [1.82, 2.24) is 9.97 Å². The molecule has 1 fully saturated rings. The van der Waals surface area contributed by atoms with Gasteiger partial charge in [0, 0.05) is 12.6 Å². The third-order valence-corrected chi connectivity index (χ3v) is 5.71. The first-order chi connectivity index (χ1) is 15.8. The first-order valence-corrected chi connectivity index (χ1v) is 11.0. The first-order valence-electron chi connectivity index (χ1n) is 11.0. The van der Waals surface area contributed by atoms with E-state index in [2.05, 4.69) is 4.98 Å². The average Bonchev–Trinajstić information content (AvgIpc) is 3.48. The zero-order valence-corrected chi connectivity index (χ0v) is 18.1. The molecule has 0 N–H and O–H groups in total. The number of para-hydroxylation sites is 1. The van der Waals surface area contributed by atoms with Crippen LogP contribution in [0.3, 0.4) is 0 Å². The van der Waals surface area contributed by atoms with Gasteiger partial charge in [-0.3, -0.25) is 4.98 Å². The number of oxazole rings is 1. The van der Waals surface area contributed by atoms with Gasteiger partial charge in [0.15, 0.2) is 28.5 Å². The highest BCUT2D eigenvalue weighted by Crippen LogP contribution is 2.33. The molecular weight excluding hydrogens is 404 g/mol. The fraction of sp³-hybridized carbons (Fsp3) is 0.308. The largest absolute Gasteiger partial charge is 0.493 e. The lowest BCUT2D eigenvalue weighted by Gasteiger charge is -2.16. The minimum Gasteiger partial charge on any atom is -0.493 e. The van der Waals surface area contributed by atoms with Crippen molar-refractivity contribution in [2.24, 2.45) is 0 Å². The van der Waals surface area contributed by atoms with Crippen molar-refractivity contribution in [3.05, 3.63) is 77.9 Å². The predicted octanol–water partition coefficient (Wildman–Crippen LogP) is 5.72. The molecule has 1 saturated carbocycles. The number of hydrogen-bond acceptors (Lipinski definition) is 6. The summed E-state index contributed by atoms with van der Waals surface area (Å²) in [5.41, 5.74) is 3.34. The topological polar surface area (TPSA) is 66.6 Å². The van der Waals surface area contributed by atoms with Gasteiger partial charge in [-0.15, -0.1) is 0 Å². The van der Waals surface area contributed by atoms with Gasteiger partial charge in [0.2, 0.25) is 0 Å². The van der Waals surface area contributed by atoms with E-state index in [4.69, 9.17) is 23.6 Å².